The molecule has 1 amide bonds. The molecule has 18 heavy (non-hydrogen) atoms. The lowest BCUT2D eigenvalue weighted by Crippen LogP contribution is -2.51. The fourth-order valence-electron chi connectivity index (χ4n) is 2.53. The van der Waals surface area contributed by atoms with Gasteiger partial charge < -0.3 is 16.2 Å². The molecule has 4 heteroatoms. The van der Waals surface area contributed by atoms with Gasteiger partial charge in [-0.05, 0) is 18.4 Å². The first-order chi connectivity index (χ1) is 8.67. The van der Waals surface area contributed by atoms with E-state index >= 15 is 0 Å². The highest BCUT2D eigenvalue weighted by Crippen LogP contribution is 2.29. The summed E-state index contributed by atoms with van der Waals surface area (Å²) in [6.45, 7) is -0.0136. The lowest BCUT2D eigenvalue weighted by molar-refractivity contribution is -0.125. The number of aliphatic hydroxyl groups is 1. The van der Waals surface area contributed by atoms with E-state index in [2.05, 4.69) is 5.32 Å². The summed E-state index contributed by atoms with van der Waals surface area (Å²) in [4.78, 5) is 12.1. The number of carbonyl (C=O) groups is 1. The third-order valence-electron chi connectivity index (χ3n) is 3.69. The molecule has 98 valence electrons. The normalized spacial score (nSPS) is 19.4. The molecular formula is C14H20N2O2. The molecule has 0 aromatic heterocycles. The number of rotatable bonds is 4. The van der Waals surface area contributed by atoms with Gasteiger partial charge in [0.1, 0.15) is 6.04 Å². The molecule has 0 spiro atoms. The smallest absolute Gasteiger partial charge is 0.242 e. The summed E-state index contributed by atoms with van der Waals surface area (Å²) in [6, 6.07) is 8.62. The van der Waals surface area contributed by atoms with Gasteiger partial charge in [0.2, 0.25) is 5.91 Å². The minimum absolute atomic E-state index is 0.0136. The minimum Gasteiger partial charge on any atom is -0.394 e. The molecule has 0 unspecified atom stereocenters. The Morgan fingerprint density at radius 2 is 1.94 bits per heavy atom. The number of carbonyl (C=O) groups excluding carboxylic acids is 1. The fourth-order valence-corrected chi connectivity index (χ4v) is 2.53. The van der Waals surface area contributed by atoms with Gasteiger partial charge in [-0.1, -0.05) is 43.2 Å². The molecule has 1 aliphatic carbocycles. The number of nitrogens with one attached hydrogen (secondary N) is 1. The lowest BCUT2D eigenvalue weighted by atomic mass is 9.97. The van der Waals surface area contributed by atoms with E-state index in [1.54, 1.807) is 0 Å². The Bertz CT molecular complexity index is 400. The maximum atomic E-state index is 12.1. The van der Waals surface area contributed by atoms with Crippen molar-refractivity contribution in [1.29, 1.82) is 0 Å². The largest absolute Gasteiger partial charge is 0.394 e. The topological polar surface area (TPSA) is 75.4 Å². The summed E-state index contributed by atoms with van der Waals surface area (Å²) < 4.78 is 0. The van der Waals surface area contributed by atoms with Gasteiger partial charge in [0.15, 0.2) is 0 Å². The maximum absolute atomic E-state index is 12.1. The first-order valence-electron chi connectivity index (χ1n) is 6.40. The predicted octanol–water partition coefficient (Wildman–Crippen LogP) is 1.11. The van der Waals surface area contributed by atoms with E-state index in [0.29, 0.717) is 0 Å². The monoisotopic (exact) mass is 248 g/mol. The average Bonchev–Trinajstić information content (AvgIpc) is 2.88. The van der Waals surface area contributed by atoms with Crippen LogP contribution in [-0.2, 0) is 4.79 Å². The van der Waals surface area contributed by atoms with Crippen LogP contribution >= 0.6 is 0 Å². The summed E-state index contributed by atoms with van der Waals surface area (Å²) in [5, 5.41) is 12.4. The summed E-state index contributed by atoms with van der Waals surface area (Å²) >= 11 is 0. The highest BCUT2D eigenvalue weighted by atomic mass is 16.3. The highest BCUT2D eigenvalue weighted by Gasteiger charge is 2.35. The number of aliphatic hydroxyl groups excluding tert-OH is 1. The second-order valence-electron chi connectivity index (χ2n) is 5.02. The molecule has 2 rings (SSSR count). The SMILES string of the molecule is N[C@H](C(=O)NC1(CO)CCCC1)c1ccccc1. The fraction of sp³-hybridized carbons (Fsp3) is 0.500. The van der Waals surface area contributed by atoms with Gasteiger partial charge in [-0.3, -0.25) is 4.79 Å². The molecule has 4 N–H and O–H groups in total. The lowest BCUT2D eigenvalue weighted by Gasteiger charge is -2.29. The Labute approximate surface area is 107 Å². The van der Waals surface area contributed by atoms with Crippen molar-refractivity contribution < 1.29 is 9.90 Å². The number of nitrogens with two attached hydrogens (primary N) is 1. The summed E-state index contributed by atoms with van der Waals surface area (Å²) in [6.07, 6.45) is 3.75. The van der Waals surface area contributed by atoms with Crippen LogP contribution < -0.4 is 11.1 Å². The molecular weight excluding hydrogens is 228 g/mol. The average molecular weight is 248 g/mol. The van der Waals surface area contributed by atoms with Crippen molar-refractivity contribution in [3.8, 4) is 0 Å². The zero-order chi connectivity index (χ0) is 13.0. The van der Waals surface area contributed by atoms with Gasteiger partial charge in [0, 0.05) is 0 Å². The van der Waals surface area contributed by atoms with Crippen LogP contribution in [0.1, 0.15) is 37.3 Å². The van der Waals surface area contributed by atoms with Crippen molar-refractivity contribution in [2.24, 2.45) is 5.73 Å². The zero-order valence-corrected chi connectivity index (χ0v) is 10.4. The molecule has 1 aliphatic rings. The van der Waals surface area contributed by atoms with Crippen molar-refractivity contribution in [3.63, 3.8) is 0 Å². The van der Waals surface area contributed by atoms with Gasteiger partial charge in [0.05, 0.1) is 12.1 Å². The van der Waals surface area contributed by atoms with Crippen LogP contribution in [0.3, 0.4) is 0 Å². The van der Waals surface area contributed by atoms with Gasteiger partial charge in [-0.2, -0.15) is 0 Å². The van der Waals surface area contributed by atoms with E-state index in [0.717, 1.165) is 31.2 Å². The third kappa shape index (κ3) is 2.71. The zero-order valence-electron chi connectivity index (χ0n) is 10.4. The van der Waals surface area contributed by atoms with Crippen molar-refractivity contribution in [3.05, 3.63) is 35.9 Å². The van der Waals surface area contributed by atoms with Crippen LogP contribution in [0.2, 0.25) is 0 Å². The van der Waals surface area contributed by atoms with Crippen LogP contribution in [0.25, 0.3) is 0 Å². The van der Waals surface area contributed by atoms with E-state index < -0.39 is 11.6 Å². The van der Waals surface area contributed by atoms with Crippen molar-refractivity contribution >= 4 is 5.91 Å². The first kappa shape index (κ1) is 13.1. The molecule has 1 aromatic carbocycles. The molecule has 1 fully saturated rings. The van der Waals surface area contributed by atoms with Crippen molar-refractivity contribution in [2.45, 2.75) is 37.3 Å². The Morgan fingerprint density at radius 3 is 2.50 bits per heavy atom. The quantitative estimate of drug-likeness (QED) is 0.747. The highest BCUT2D eigenvalue weighted by molar-refractivity contribution is 5.83. The van der Waals surface area contributed by atoms with Gasteiger partial charge in [-0.15, -0.1) is 0 Å². The van der Waals surface area contributed by atoms with E-state index in [1.807, 2.05) is 30.3 Å². The Hall–Kier alpha value is -1.39. The predicted molar refractivity (Wildman–Crippen MR) is 69.8 cm³/mol. The van der Waals surface area contributed by atoms with E-state index in [1.165, 1.54) is 0 Å². The number of amides is 1. The molecule has 0 saturated heterocycles. The van der Waals surface area contributed by atoms with E-state index in [4.69, 9.17) is 5.73 Å². The van der Waals surface area contributed by atoms with E-state index in [9.17, 15) is 9.90 Å². The summed E-state index contributed by atoms with van der Waals surface area (Å²) in [5.41, 5.74) is 6.27. The number of hydrogen-bond donors (Lipinski definition) is 3. The second-order valence-corrected chi connectivity index (χ2v) is 5.02. The number of hydrogen-bond acceptors (Lipinski definition) is 3. The second kappa shape index (κ2) is 5.50. The molecule has 0 bridgehead atoms. The van der Waals surface area contributed by atoms with Crippen LogP contribution in [0.5, 0.6) is 0 Å². The molecule has 0 radical (unpaired) electrons. The molecule has 1 aromatic rings. The van der Waals surface area contributed by atoms with Gasteiger partial charge >= 0.3 is 0 Å². The molecule has 4 nitrogen and oxygen atoms in total. The Morgan fingerprint density at radius 1 is 1.33 bits per heavy atom. The third-order valence-corrected chi connectivity index (χ3v) is 3.69. The van der Waals surface area contributed by atoms with Crippen LogP contribution in [-0.4, -0.2) is 23.2 Å². The van der Waals surface area contributed by atoms with Crippen LogP contribution in [0, 0.1) is 0 Å². The molecule has 0 heterocycles. The standard InChI is InChI=1S/C14H20N2O2/c15-12(11-6-2-1-3-7-11)13(18)16-14(10-17)8-4-5-9-14/h1-3,6-7,12,17H,4-5,8-10,15H2,(H,16,18)/t12-/m0/s1. The summed E-state index contributed by atoms with van der Waals surface area (Å²) in [5.74, 6) is -0.211. The summed E-state index contributed by atoms with van der Waals surface area (Å²) in [7, 11) is 0. The molecule has 0 aliphatic heterocycles. The van der Waals surface area contributed by atoms with Crippen molar-refractivity contribution in [1.82, 2.24) is 5.32 Å². The van der Waals surface area contributed by atoms with Gasteiger partial charge in [0.25, 0.3) is 0 Å². The minimum atomic E-state index is -0.671. The molecule has 1 saturated carbocycles. The van der Waals surface area contributed by atoms with E-state index in [-0.39, 0.29) is 12.5 Å². The first-order valence-corrected chi connectivity index (χ1v) is 6.40. The van der Waals surface area contributed by atoms with Crippen molar-refractivity contribution in [2.75, 3.05) is 6.61 Å². The number of benzene rings is 1. The Balaban J connectivity index is 2.03. The van der Waals surface area contributed by atoms with Gasteiger partial charge in [-0.25, -0.2) is 0 Å². The maximum Gasteiger partial charge on any atom is 0.242 e. The molecule has 1 atom stereocenters. The van der Waals surface area contributed by atoms with Crippen LogP contribution in [0.4, 0.5) is 0 Å². The Kier molecular flexibility index (Phi) is 3.99. The van der Waals surface area contributed by atoms with Crippen LogP contribution in [0.15, 0.2) is 30.3 Å².